The van der Waals surface area contributed by atoms with E-state index in [1.54, 1.807) is 35.9 Å². The van der Waals surface area contributed by atoms with Gasteiger partial charge in [0.2, 0.25) is 5.95 Å². The minimum Gasteiger partial charge on any atom is -0.497 e. The van der Waals surface area contributed by atoms with Crippen LogP contribution in [0, 0.1) is 6.92 Å². The smallest absolute Gasteiger partial charge is 0.329 e. The Morgan fingerprint density at radius 3 is 2.58 bits per heavy atom. The summed E-state index contributed by atoms with van der Waals surface area (Å²) in [4.78, 5) is 31.5. The van der Waals surface area contributed by atoms with Gasteiger partial charge in [-0.2, -0.15) is 4.98 Å². The Morgan fingerprint density at radius 1 is 1.15 bits per heavy atom. The number of aliphatic hydroxyl groups is 1. The molecule has 2 heterocycles. The zero-order chi connectivity index (χ0) is 23.5. The molecule has 0 fully saturated rings. The predicted octanol–water partition coefficient (Wildman–Crippen LogP) is 1.92. The van der Waals surface area contributed by atoms with E-state index in [1.165, 1.54) is 11.6 Å². The van der Waals surface area contributed by atoms with Gasteiger partial charge in [-0.15, -0.1) is 0 Å². The summed E-state index contributed by atoms with van der Waals surface area (Å²) < 4.78 is 13.6. The van der Waals surface area contributed by atoms with Crippen LogP contribution in [0.4, 0.5) is 11.6 Å². The highest BCUT2D eigenvalue weighted by atomic mass is 16.5. The first-order valence-electron chi connectivity index (χ1n) is 10.3. The number of aryl methyl sites for hydroxylation is 2. The van der Waals surface area contributed by atoms with E-state index in [2.05, 4.69) is 15.3 Å². The van der Waals surface area contributed by atoms with E-state index in [0.29, 0.717) is 17.4 Å². The number of fused-ring (bicyclic) bond motifs is 1. The summed E-state index contributed by atoms with van der Waals surface area (Å²) in [5.41, 5.74) is 1.04. The lowest BCUT2D eigenvalue weighted by molar-refractivity contribution is 0.0938. The first-order valence-corrected chi connectivity index (χ1v) is 10.3. The second-order valence-corrected chi connectivity index (χ2v) is 7.67. The van der Waals surface area contributed by atoms with Crippen LogP contribution in [0.3, 0.4) is 0 Å². The highest BCUT2D eigenvalue weighted by Crippen LogP contribution is 2.22. The molecular weight excluding hydrogens is 426 g/mol. The number of nitrogens with zero attached hydrogens (tertiary/aromatic N) is 3. The molecule has 3 N–H and O–H groups in total. The molecule has 0 aliphatic heterocycles. The van der Waals surface area contributed by atoms with Gasteiger partial charge in [-0.25, -0.2) is 4.79 Å². The van der Waals surface area contributed by atoms with Crippen LogP contribution in [-0.4, -0.2) is 44.0 Å². The molecule has 0 spiro atoms. The number of H-pyrrole nitrogens is 1. The van der Waals surface area contributed by atoms with E-state index in [4.69, 9.17) is 9.47 Å². The Labute approximate surface area is 189 Å². The number of nitrogens with one attached hydrogen (secondary N) is 2. The van der Waals surface area contributed by atoms with Crippen LogP contribution in [0.2, 0.25) is 0 Å². The third-order valence-corrected chi connectivity index (χ3v) is 5.18. The SMILES string of the molecule is COc1ccc(OCC(O)Cn2c(Nc3cccc(C)c3)nc3c2c(=O)[nH]c(=O)n3C)cc1. The van der Waals surface area contributed by atoms with Gasteiger partial charge < -0.3 is 24.5 Å². The molecule has 2 aromatic carbocycles. The van der Waals surface area contributed by atoms with E-state index in [9.17, 15) is 14.7 Å². The fraction of sp³-hybridized carbons (Fsp3) is 0.261. The molecule has 0 saturated heterocycles. The summed E-state index contributed by atoms with van der Waals surface area (Å²) in [6.45, 7) is 1.96. The van der Waals surface area contributed by atoms with Crippen molar-refractivity contribution in [3.8, 4) is 11.5 Å². The number of rotatable bonds is 8. The third-order valence-electron chi connectivity index (χ3n) is 5.18. The molecule has 1 unspecified atom stereocenters. The number of hydrogen-bond acceptors (Lipinski definition) is 7. The molecule has 0 bridgehead atoms. The maximum absolute atomic E-state index is 12.6. The van der Waals surface area contributed by atoms with Crippen molar-refractivity contribution in [1.82, 2.24) is 19.1 Å². The lowest BCUT2D eigenvalue weighted by Crippen LogP contribution is -2.30. The first kappa shape index (κ1) is 22.2. The van der Waals surface area contributed by atoms with Crippen molar-refractivity contribution in [3.63, 3.8) is 0 Å². The molecule has 172 valence electrons. The van der Waals surface area contributed by atoms with Gasteiger partial charge in [0.15, 0.2) is 11.2 Å². The molecule has 4 aromatic rings. The standard InChI is InChI=1S/C23H25N5O5/c1-14-5-4-6-15(11-14)24-22-25-20-19(21(30)26-23(31)27(20)2)28(22)12-16(29)13-33-18-9-7-17(32-3)8-10-18/h4-11,16,29H,12-13H2,1-3H3,(H,24,25)(H,26,30,31). The van der Waals surface area contributed by atoms with Gasteiger partial charge in [0, 0.05) is 12.7 Å². The third kappa shape index (κ3) is 4.75. The molecular formula is C23H25N5O5. The Hall–Kier alpha value is -4.05. The number of imidazole rings is 1. The highest BCUT2D eigenvalue weighted by molar-refractivity contribution is 5.75. The van der Waals surface area contributed by atoms with E-state index in [0.717, 1.165) is 11.3 Å². The fourth-order valence-corrected chi connectivity index (χ4v) is 3.49. The topological polar surface area (TPSA) is 123 Å². The van der Waals surface area contributed by atoms with Gasteiger partial charge in [-0.3, -0.25) is 14.3 Å². The average molecular weight is 451 g/mol. The molecule has 0 aliphatic rings. The first-order chi connectivity index (χ1) is 15.9. The van der Waals surface area contributed by atoms with Gasteiger partial charge in [-0.05, 0) is 48.9 Å². The van der Waals surface area contributed by atoms with Crippen molar-refractivity contribution in [2.45, 2.75) is 19.6 Å². The molecule has 0 amide bonds. The lowest BCUT2D eigenvalue weighted by Gasteiger charge is -2.16. The molecule has 0 aliphatic carbocycles. The molecule has 10 nitrogen and oxygen atoms in total. The largest absolute Gasteiger partial charge is 0.497 e. The second-order valence-electron chi connectivity index (χ2n) is 7.67. The van der Waals surface area contributed by atoms with Crippen molar-refractivity contribution in [2.75, 3.05) is 19.0 Å². The molecule has 2 aromatic heterocycles. The van der Waals surface area contributed by atoms with E-state index < -0.39 is 17.4 Å². The van der Waals surface area contributed by atoms with Gasteiger partial charge in [0.25, 0.3) is 5.56 Å². The van der Waals surface area contributed by atoms with Crippen molar-refractivity contribution in [2.24, 2.45) is 7.05 Å². The number of methoxy groups -OCH3 is 1. The Kier molecular flexibility index (Phi) is 6.18. The fourth-order valence-electron chi connectivity index (χ4n) is 3.49. The van der Waals surface area contributed by atoms with Crippen molar-refractivity contribution < 1.29 is 14.6 Å². The number of aromatic nitrogens is 4. The Morgan fingerprint density at radius 2 is 1.88 bits per heavy atom. The minimum absolute atomic E-state index is 0.0143. The Bertz CT molecular complexity index is 1390. The maximum atomic E-state index is 12.6. The molecule has 33 heavy (non-hydrogen) atoms. The van der Waals surface area contributed by atoms with Crippen molar-refractivity contribution in [1.29, 1.82) is 0 Å². The molecule has 4 rings (SSSR count). The number of anilines is 2. The Balaban J connectivity index is 1.64. The van der Waals surface area contributed by atoms with Crippen molar-refractivity contribution >= 4 is 22.8 Å². The summed E-state index contributed by atoms with van der Waals surface area (Å²) >= 11 is 0. The molecule has 1 atom stereocenters. The van der Waals surface area contributed by atoms with E-state index in [-0.39, 0.29) is 24.3 Å². The van der Waals surface area contributed by atoms with Crippen LogP contribution in [0.1, 0.15) is 5.56 Å². The quantitative estimate of drug-likeness (QED) is 0.374. The summed E-state index contributed by atoms with van der Waals surface area (Å²) in [6, 6.07) is 14.6. The summed E-state index contributed by atoms with van der Waals surface area (Å²) in [6.07, 6.45) is -0.959. The summed E-state index contributed by atoms with van der Waals surface area (Å²) in [7, 11) is 3.10. The number of benzene rings is 2. The maximum Gasteiger partial charge on any atom is 0.329 e. The number of ether oxygens (including phenoxy) is 2. The number of aliphatic hydroxyl groups excluding tert-OH is 1. The van der Waals surface area contributed by atoms with Gasteiger partial charge in [-0.1, -0.05) is 12.1 Å². The van der Waals surface area contributed by atoms with E-state index >= 15 is 0 Å². The lowest BCUT2D eigenvalue weighted by atomic mass is 10.2. The van der Waals surface area contributed by atoms with Crippen LogP contribution >= 0.6 is 0 Å². The van der Waals surface area contributed by atoms with Crippen LogP contribution in [0.15, 0.2) is 58.1 Å². The molecule has 0 saturated carbocycles. The zero-order valence-electron chi connectivity index (χ0n) is 18.5. The normalized spacial score (nSPS) is 12.0. The van der Waals surface area contributed by atoms with Gasteiger partial charge in [0.05, 0.1) is 13.7 Å². The summed E-state index contributed by atoms with van der Waals surface area (Å²) in [5, 5.41) is 13.9. The van der Waals surface area contributed by atoms with Gasteiger partial charge >= 0.3 is 5.69 Å². The second kappa shape index (κ2) is 9.21. The number of hydrogen-bond donors (Lipinski definition) is 3. The molecule has 0 radical (unpaired) electrons. The van der Waals surface area contributed by atoms with Crippen molar-refractivity contribution in [3.05, 3.63) is 74.9 Å². The minimum atomic E-state index is -0.959. The van der Waals surface area contributed by atoms with Gasteiger partial charge in [0.1, 0.15) is 24.2 Å². The van der Waals surface area contributed by atoms with Crippen LogP contribution in [0.5, 0.6) is 11.5 Å². The highest BCUT2D eigenvalue weighted by Gasteiger charge is 2.20. The predicted molar refractivity (Wildman–Crippen MR) is 125 cm³/mol. The summed E-state index contributed by atoms with van der Waals surface area (Å²) in [5.74, 6) is 1.60. The monoisotopic (exact) mass is 451 g/mol. The van der Waals surface area contributed by atoms with E-state index in [1.807, 2.05) is 31.2 Å². The van der Waals surface area contributed by atoms with Crippen LogP contribution in [0.25, 0.3) is 11.2 Å². The van der Waals surface area contributed by atoms with Crippen LogP contribution in [-0.2, 0) is 13.6 Å². The average Bonchev–Trinajstić information content (AvgIpc) is 3.15. The zero-order valence-corrected chi connectivity index (χ0v) is 18.5. The molecule has 10 heteroatoms. The van der Waals surface area contributed by atoms with Crippen LogP contribution < -0.4 is 26.0 Å². The number of aromatic amines is 1.